The number of hydrogen-bond acceptors (Lipinski definition) is 6. The molecule has 0 radical (unpaired) electrons. The topological polar surface area (TPSA) is 131 Å². The first kappa shape index (κ1) is 66.5. The van der Waals surface area contributed by atoms with E-state index in [4.69, 9.17) is 14.8 Å². The fourth-order valence-corrected chi connectivity index (χ4v) is 10.4. The minimum Gasteiger partial charge on any atom is -0.391 e. The van der Waals surface area contributed by atoms with Crippen molar-refractivity contribution in [3.63, 3.8) is 0 Å². The molecule has 9 heteroatoms. The first-order valence-electron chi connectivity index (χ1n) is 30.2. The number of rotatable bonds is 58. The molecule has 8 nitrogen and oxygen atoms in total. The third-order valence-corrected chi connectivity index (χ3v) is 15.2. The molecule has 5 N–H and O–H groups in total. The van der Waals surface area contributed by atoms with Gasteiger partial charge in [0.15, 0.2) is 0 Å². The van der Waals surface area contributed by atoms with Crippen molar-refractivity contribution in [2.75, 3.05) is 19.8 Å². The maximum atomic E-state index is 12.9. The van der Waals surface area contributed by atoms with Crippen LogP contribution in [0.5, 0.6) is 0 Å². The Morgan fingerprint density at radius 2 is 0.687 bits per heavy atom. The van der Waals surface area contributed by atoms with Crippen molar-refractivity contribution in [3.05, 3.63) is 0 Å². The van der Waals surface area contributed by atoms with Crippen molar-refractivity contribution < 1.29 is 28.4 Å². The summed E-state index contributed by atoms with van der Waals surface area (Å²) < 4.78 is 22.3. The van der Waals surface area contributed by atoms with Gasteiger partial charge in [-0.25, -0.2) is 4.57 Å². The Hall–Kier alpha value is -0.500. The van der Waals surface area contributed by atoms with Gasteiger partial charge < -0.3 is 21.1 Å². The molecule has 3 atom stereocenters. The van der Waals surface area contributed by atoms with Crippen LogP contribution in [0, 0.1) is 0 Å². The van der Waals surface area contributed by atoms with Gasteiger partial charge in [0.05, 0.1) is 25.4 Å². The number of aliphatic hydroxyl groups is 1. The number of unbranched alkanes of at least 4 members (excludes halogenated alkanes) is 46. The van der Waals surface area contributed by atoms with Gasteiger partial charge in [0, 0.05) is 13.0 Å². The Kier molecular flexibility index (Phi) is 54.4. The molecule has 0 aliphatic rings. The molecule has 1 unspecified atom stereocenters. The van der Waals surface area contributed by atoms with Crippen LogP contribution in [-0.2, 0) is 18.4 Å². The van der Waals surface area contributed by atoms with E-state index in [0.717, 1.165) is 38.5 Å². The highest BCUT2D eigenvalue weighted by Crippen LogP contribution is 2.43. The third-order valence-electron chi connectivity index (χ3n) is 14.2. The Balaban J connectivity index is 3.69. The quantitative estimate of drug-likeness (QED) is 0.0353. The lowest BCUT2D eigenvalue weighted by Gasteiger charge is -2.25. The minimum atomic E-state index is -4.31. The summed E-state index contributed by atoms with van der Waals surface area (Å²) in [7, 11) is -4.31. The molecule has 67 heavy (non-hydrogen) atoms. The van der Waals surface area contributed by atoms with Gasteiger partial charge in [-0.2, -0.15) is 0 Å². The lowest BCUT2D eigenvalue weighted by atomic mass is 10.0. The Morgan fingerprint density at radius 3 is 0.955 bits per heavy atom. The van der Waals surface area contributed by atoms with E-state index >= 15 is 0 Å². The van der Waals surface area contributed by atoms with Crippen LogP contribution in [0.3, 0.4) is 0 Å². The fraction of sp³-hybridized carbons (Fsp3) is 0.983. The molecular formula is C58H119N2O6P. The zero-order chi connectivity index (χ0) is 48.8. The van der Waals surface area contributed by atoms with Crippen molar-refractivity contribution >= 4 is 13.7 Å². The SMILES string of the molecule is CCCCCCCCCCCCCCCCCCCCCCCCCCCCCCCCCCCCCCC(=O)N[C@@H](COP(=O)(O)OCCN)[C@H](O)CCCCCCCCCCCCCC. The molecule has 0 saturated carbocycles. The van der Waals surface area contributed by atoms with Gasteiger partial charge in [0.25, 0.3) is 0 Å². The number of amides is 1. The van der Waals surface area contributed by atoms with Gasteiger partial charge >= 0.3 is 7.82 Å². The van der Waals surface area contributed by atoms with E-state index in [0.29, 0.717) is 12.8 Å². The molecule has 402 valence electrons. The number of hydrogen-bond donors (Lipinski definition) is 4. The van der Waals surface area contributed by atoms with E-state index in [1.807, 2.05) is 0 Å². The number of nitrogens with two attached hydrogens (primary N) is 1. The summed E-state index contributed by atoms with van der Waals surface area (Å²) in [4.78, 5) is 22.9. The number of carbonyl (C=O) groups is 1. The van der Waals surface area contributed by atoms with Gasteiger partial charge in [-0.05, 0) is 12.8 Å². The van der Waals surface area contributed by atoms with Crippen LogP contribution < -0.4 is 11.1 Å². The van der Waals surface area contributed by atoms with E-state index in [9.17, 15) is 19.4 Å². The molecule has 0 aliphatic heterocycles. The van der Waals surface area contributed by atoms with E-state index in [1.165, 1.54) is 270 Å². The number of aliphatic hydroxyl groups excluding tert-OH is 1. The molecule has 0 aliphatic carbocycles. The lowest BCUT2D eigenvalue weighted by Crippen LogP contribution is -2.46. The zero-order valence-corrected chi connectivity index (χ0v) is 46.1. The first-order chi connectivity index (χ1) is 32.9. The predicted octanol–water partition coefficient (Wildman–Crippen LogP) is 18.5. The summed E-state index contributed by atoms with van der Waals surface area (Å²) in [5.74, 6) is -0.154. The molecule has 0 rings (SSSR count). The van der Waals surface area contributed by atoms with Crippen molar-refractivity contribution in [1.82, 2.24) is 5.32 Å². The number of phosphoric ester groups is 1. The van der Waals surface area contributed by atoms with Crippen LogP contribution in [0.4, 0.5) is 0 Å². The fourth-order valence-electron chi connectivity index (χ4n) is 9.67. The second kappa shape index (κ2) is 54.8. The Morgan fingerprint density at radius 1 is 0.433 bits per heavy atom. The van der Waals surface area contributed by atoms with Crippen LogP contribution in [0.25, 0.3) is 0 Å². The van der Waals surface area contributed by atoms with E-state index in [1.54, 1.807) is 0 Å². The summed E-state index contributed by atoms with van der Waals surface area (Å²) >= 11 is 0. The lowest BCUT2D eigenvalue weighted by molar-refractivity contribution is -0.123. The molecule has 0 aromatic carbocycles. The molecule has 1 amide bonds. The third kappa shape index (κ3) is 53.1. The van der Waals surface area contributed by atoms with Crippen LogP contribution in [0.1, 0.15) is 335 Å². The van der Waals surface area contributed by atoms with E-state index < -0.39 is 20.0 Å². The summed E-state index contributed by atoms with van der Waals surface area (Å²) in [5, 5.41) is 13.9. The number of carbonyl (C=O) groups excluding carboxylic acids is 1. The highest BCUT2D eigenvalue weighted by Gasteiger charge is 2.27. The average Bonchev–Trinajstić information content (AvgIpc) is 3.32. The predicted molar refractivity (Wildman–Crippen MR) is 291 cm³/mol. The second-order valence-electron chi connectivity index (χ2n) is 20.9. The van der Waals surface area contributed by atoms with Crippen molar-refractivity contribution in [2.24, 2.45) is 5.73 Å². The molecule has 0 saturated heterocycles. The maximum Gasteiger partial charge on any atom is 0.472 e. The monoisotopic (exact) mass is 971 g/mol. The van der Waals surface area contributed by atoms with Crippen molar-refractivity contribution in [3.8, 4) is 0 Å². The molecule has 0 heterocycles. The first-order valence-corrected chi connectivity index (χ1v) is 31.6. The summed E-state index contributed by atoms with van der Waals surface area (Å²) in [6, 6.07) is -0.768. The number of nitrogens with one attached hydrogen (secondary N) is 1. The number of phosphoric acid groups is 1. The largest absolute Gasteiger partial charge is 0.472 e. The highest BCUT2D eigenvalue weighted by molar-refractivity contribution is 7.47. The molecular weight excluding hydrogens is 852 g/mol. The Labute approximate surface area is 418 Å². The van der Waals surface area contributed by atoms with Crippen LogP contribution >= 0.6 is 7.82 Å². The Bertz CT molecular complexity index is 1020. The van der Waals surface area contributed by atoms with Crippen molar-refractivity contribution in [1.29, 1.82) is 0 Å². The maximum absolute atomic E-state index is 12.9. The van der Waals surface area contributed by atoms with Gasteiger partial charge in [-0.3, -0.25) is 13.8 Å². The van der Waals surface area contributed by atoms with Gasteiger partial charge in [0.1, 0.15) is 0 Å². The van der Waals surface area contributed by atoms with Crippen LogP contribution in [0.15, 0.2) is 0 Å². The van der Waals surface area contributed by atoms with E-state index in [2.05, 4.69) is 19.2 Å². The van der Waals surface area contributed by atoms with Crippen molar-refractivity contribution in [2.45, 2.75) is 347 Å². The van der Waals surface area contributed by atoms with Gasteiger partial charge in [0.2, 0.25) is 5.91 Å². The normalized spacial score (nSPS) is 13.6. The smallest absolute Gasteiger partial charge is 0.391 e. The van der Waals surface area contributed by atoms with E-state index in [-0.39, 0.29) is 25.7 Å². The summed E-state index contributed by atoms with van der Waals surface area (Å²) in [5.41, 5.74) is 5.40. The average molecular weight is 972 g/mol. The minimum absolute atomic E-state index is 0.0927. The van der Waals surface area contributed by atoms with Gasteiger partial charge in [-0.15, -0.1) is 0 Å². The van der Waals surface area contributed by atoms with Gasteiger partial charge in [-0.1, -0.05) is 316 Å². The molecule has 0 aromatic heterocycles. The molecule has 0 fully saturated rings. The molecule has 0 bridgehead atoms. The van der Waals surface area contributed by atoms with Crippen LogP contribution in [-0.4, -0.2) is 47.8 Å². The summed E-state index contributed by atoms with van der Waals surface area (Å²) in [6.07, 6.45) is 64.7. The second-order valence-corrected chi connectivity index (χ2v) is 22.4. The summed E-state index contributed by atoms with van der Waals surface area (Å²) in [6.45, 7) is 4.26. The highest BCUT2D eigenvalue weighted by atomic mass is 31.2. The standard InChI is InChI=1S/C58H119N2O6P/c1-3-5-7-9-11-13-15-17-18-19-20-21-22-23-24-25-26-27-28-29-30-31-32-33-34-35-36-37-38-39-40-42-44-46-48-50-52-58(62)60-56(55-66-67(63,64)65-54-53-59)57(61)51-49-47-45-43-41-16-14-12-10-8-6-4-2/h56-57,61H,3-55,59H2,1-2H3,(H,60,62)(H,63,64)/t56-,57+/m0/s1. The molecule has 0 spiro atoms. The molecule has 0 aromatic rings. The zero-order valence-electron chi connectivity index (χ0n) is 45.2. The van der Waals surface area contributed by atoms with Crippen LogP contribution in [0.2, 0.25) is 0 Å².